The molecule has 5 aromatic heterocycles. The van der Waals surface area contributed by atoms with E-state index in [1.807, 2.05) is 30.9 Å². The molecule has 38 heavy (non-hydrogen) atoms. The summed E-state index contributed by atoms with van der Waals surface area (Å²) in [6.07, 6.45) is 11.5. The third kappa shape index (κ3) is 4.39. The number of nitrogens with zero attached hydrogens (tertiary/aromatic N) is 8. The van der Waals surface area contributed by atoms with Crippen LogP contribution in [0.2, 0.25) is 0 Å². The van der Waals surface area contributed by atoms with Gasteiger partial charge >= 0.3 is 0 Å². The zero-order chi connectivity index (χ0) is 25.5. The van der Waals surface area contributed by atoms with Crippen molar-refractivity contribution in [3.05, 3.63) is 48.5 Å². The first-order chi connectivity index (χ1) is 18.7. The molecule has 0 radical (unpaired) electrons. The summed E-state index contributed by atoms with van der Waals surface area (Å²) >= 11 is 0. The second-order valence-electron chi connectivity index (χ2n) is 10.5. The number of likely N-dealkylation sites (tertiary alicyclic amines) is 1. The summed E-state index contributed by atoms with van der Waals surface area (Å²) in [6.45, 7) is 7.17. The molecule has 10 nitrogen and oxygen atoms in total. The first-order valence-corrected chi connectivity index (χ1v) is 13.5. The van der Waals surface area contributed by atoms with Crippen molar-refractivity contribution < 1.29 is 0 Å². The zero-order valence-corrected chi connectivity index (χ0v) is 21.7. The predicted octanol–water partition coefficient (Wildman–Crippen LogP) is 3.70. The van der Waals surface area contributed by atoms with Gasteiger partial charge in [0.1, 0.15) is 11.2 Å². The van der Waals surface area contributed by atoms with Crippen molar-refractivity contribution in [1.29, 1.82) is 0 Å². The van der Waals surface area contributed by atoms with E-state index in [9.17, 15) is 0 Å². The second-order valence-corrected chi connectivity index (χ2v) is 10.5. The van der Waals surface area contributed by atoms with Crippen molar-refractivity contribution in [2.24, 2.45) is 0 Å². The van der Waals surface area contributed by atoms with Crippen LogP contribution in [0.3, 0.4) is 0 Å². The van der Waals surface area contributed by atoms with E-state index in [0.717, 1.165) is 96.3 Å². The maximum Gasteiger partial charge on any atom is 0.159 e. The molecule has 0 saturated carbocycles. The third-order valence-electron chi connectivity index (χ3n) is 7.80. The fourth-order valence-electron chi connectivity index (χ4n) is 5.63. The number of likely N-dealkylation sites (N-methyl/N-ethyl adjacent to an activating group) is 1. The number of piperidine rings is 1. The number of piperazine rings is 1. The van der Waals surface area contributed by atoms with E-state index in [1.165, 1.54) is 24.8 Å². The Morgan fingerprint density at radius 3 is 2.63 bits per heavy atom. The highest BCUT2D eigenvalue weighted by atomic mass is 15.3. The Balaban J connectivity index is 1.22. The maximum absolute atomic E-state index is 4.99. The van der Waals surface area contributed by atoms with E-state index in [1.54, 1.807) is 0 Å². The smallest absolute Gasteiger partial charge is 0.159 e. The number of hydrogen-bond donors (Lipinski definition) is 2. The van der Waals surface area contributed by atoms with Gasteiger partial charge in [-0.2, -0.15) is 5.10 Å². The minimum absolute atomic E-state index is 0.726. The van der Waals surface area contributed by atoms with Crippen LogP contribution in [0.4, 0.5) is 5.82 Å². The largest absolute Gasteiger partial charge is 0.352 e. The van der Waals surface area contributed by atoms with E-state index < -0.39 is 0 Å². The van der Waals surface area contributed by atoms with Crippen LogP contribution < -0.4 is 4.90 Å². The highest BCUT2D eigenvalue weighted by Gasteiger charge is 2.21. The summed E-state index contributed by atoms with van der Waals surface area (Å²) in [7, 11) is 2.16. The standard InChI is InChI=1S/C28H32N10/c1-36-9-11-38(12-10-36)28-26-22(5-6-30-28)32-27(33-26)25-21-14-23(31-17-24(21)34-35-25)20-13-19(15-29-16-20)18-37-7-3-2-4-8-37/h5-6,13-17H,2-4,7-12,18H2,1H3,(H,32,33)(H,34,35). The summed E-state index contributed by atoms with van der Waals surface area (Å²) in [5.74, 6) is 1.65. The molecule has 0 atom stereocenters. The Labute approximate surface area is 221 Å². The molecule has 5 aromatic rings. The lowest BCUT2D eigenvalue weighted by Gasteiger charge is -2.33. The van der Waals surface area contributed by atoms with E-state index in [2.05, 4.69) is 54.0 Å². The Morgan fingerprint density at radius 1 is 0.895 bits per heavy atom. The highest BCUT2D eigenvalue weighted by Crippen LogP contribution is 2.31. The molecule has 0 spiro atoms. The Morgan fingerprint density at radius 2 is 1.76 bits per heavy atom. The van der Waals surface area contributed by atoms with Gasteiger partial charge in [0, 0.05) is 62.3 Å². The van der Waals surface area contributed by atoms with Crippen molar-refractivity contribution in [3.63, 3.8) is 0 Å². The fraction of sp³-hybridized carbons (Fsp3) is 0.393. The van der Waals surface area contributed by atoms with E-state index >= 15 is 0 Å². The van der Waals surface area contributed by atoms with Gasteiger partial charge in [0.05, 0.1) is 22.9 Å². The molecule has 7 heterocycles. The van der Waals surface area contributed by atoms with Gasteiger partial charge in [-0.1, -0.05) is 6.42 Å². The number of nitrogens with one attached hydrogen (secondary N) is 2. The number of pyridine rings is 3. The monoisotopic (exact) mass is 508 g/mol. The molecular formula is C28H32N10. The average molecular weight is 509 g/mol. The van der Waals surface area contributed by atoms with Gasteiger partial charge < -0.3 is 14.8 Å². The lowest BCUT2D eigenvalue weighted by Crippen LogP contribution is -2.44. The quantitative estimate of drug-likeness (QED) is 0.370. The van der Waals surface area contributed by atoms with Crippen LogP contribution in [0.15, 0.2) is 43.0 Å². The van der Waals surface area contributed by atoms with Crippen molar-refractivity contribution in [2.45, 2.75) is 25.8 Å². The molecule has 2 fully saturated rings. The average Bonchev–Trinajstić information content (AvgIpc) is 3.58. The number of H-pyrrole nitrogens is 2. The fourth-order valence-corrected chi connectivity index (χ4v) is 5.63. The number of rotatable bonds is 5. The topological polar surface area (TPSA) is 106 Å². The van der Waals surface area contributed by atoms with Crippen molar-refractivity contribution in [2.75, 3.05) is 51.2 Å². The molecule has 2 aliphatic heterocycles. The molecule has 2 N–H and O–H groups in total. The molecular weight excluding hydrogens is 476 g/mol. The molecule has 194 valence electrons. The number of fused-ring (bicyclic) bond motifs is 2. The van der Waals surface area contributed by atoms with Crippen molar-refractivity contribution >= 4 is 27.8 Å². The van der Waals surface area contributed by atoms with Gasteiger partial charge in [-0.15, -0.1) is 0 Å². The number of aromatic nitrogens is 7. The number of imidazole rings is 1. The lowest BCUT2D eigenvalue weighted by molar-refractivity contribution is 0.220. The van der Waals surface area contributed by atoms with Gasteiger partial charge in [-0.3, -0.25) is 20.0 Å². The minimum Gasteiger partial charge on any atom is -0.352 e. The Kier molecular flexibility index (Phi) is 5.98. The maximum atomic E-state index is 4.99. The zero-order valence-electron chi connectivity index (χ0n) is 21.7. The van der Waals surface area contributed by atoms with Gasteiger partial charge in [0.15, 0.2) is 11.6 Å². The van der Waals surface area contributed by atoms with Gasteiger partial charge in [0.25, 0.3) is 0 Å². The summed E-state index contributed by atoms with van der Waals surface area (Å²) in [6, 6.07) is 6.28. The Hall–Kier alpha value is -3.89. The number of hydrogen-bond acceptors (Lipinski definition) is 8. The van der Waals surface area contributed by atoms with E-state index in [0.29, 0.717) is 0 Å². The van der Waals surface area contributed by atoms with Crippen LogP contribution in [0.5, 0.6) is 0 Å². The molecule has 0 aromatic carbocycles. The lowest BCUT2D eigenvalue weighted by atomic mass is 10.1. The minimum atomic E-state index is 0.726. The summed E-state index contributed by atoms with van der Waals surface area (Å²) < 4.78 is 0. The van der Waals surface area contributed by atoms with Gasteiger partial charge in [-0.05, 0) is 56.7 Å². The van der Waals surface area contributed by atoms with Crippen LogP contribution in [0.25, 0.3) is 44.7 Å². The number of anilines is 1. The molecule has 0 unspecified atom stereocenters. The molecule has 0 aliphatic carbocycles. The summed E-state index contributed by atoms with van der Waals surface area (Å²) in [5, 5.41) is 8.73. The van der Waals surface area contributed by atoms with Crippen LogP contribution in [-0.4, -0.2) is 91.2 Å². The van der Waals surface area contributed by atoms with Gasteiger partial charge in [-0.25, -0.2) is 9.97 Å². The molecule has 2 aliphatic rings. The normalized spacial score (nSPS) is 17.6. The van der Waals surface area contributed by atoms with E-state index in [-0.39, 0.29) is 0 Å². The second kappa shape index (κ2) is 9.77. The first kappa shape index (κ1) is 23.2. The molecule has 7 rings (SSSR count). The first-order valence-electron chi connectivity index (χ1n) is 13.5. The van der Waals surface area contributed by atoms with Crippen LogP contribution in [0, 0.1) is 0 Å². The summed E-state index contributed by atoms with van der Waals surface area (Å²) in [4.78, 5) is 29.6. The molecule has 10 heteroatoms. The SMILES string of the molecule is CN1CCN(c2nccc3[nH]c(-c4n[nH]c5cnc(-c6cncc(CN7CCCCC7)c6)cc45)nc23)CC1. The number of aromatic amines is 2. The third-order valence-corrected chi connectivity index (χ3v) is 7.80. The molecule has 0 bridgehead atoms. The van der Waals surface area contributed by atoms with E-state index in [4.69, 9.17) is 15.0 Å². The van der Waals surface area contributed by atoms with Crippen molar-refractivity contribution in [3.8, 4) is 22.8 Å². The molecule has 0 amide bonds. The van der Waals surface area contributed by atoms with Gasteiger partial charge in [0.2, 0.25) is 0 Å². The van der Waals surface area contributed by atoms with Crippen LogP contribution in [-0.2, 0) is 6.54 Å². The molecule has 2 saturated heterocycles. The predicted molar refractivity (Wildman–Crippen MR) is 149 cm³/mol. The van der Waals surface area contributed by atoms with Crippen LogP contribution in [0.1, 0.15) is 24.8 Å². The highest BCUT2D eigenvalue weighted by molar-refractivity contribution is 5.96. The van der Waals surface area contributed by atoms with Crippen LogP contribution >= 0.6 is 0 Å². The van der Waals surface area contributed by atoms with Crippen molar-refractivity contribution in [1.82, 2.24) is 44.9 Å². The Bertz CT molecular complexity index is 1570. The summed E-state index contributed by atoms with van der Waals surface area (Å²) in [5.41, 5.74) is 6.61.